The first-order valence-electron chi connectivity index (χ1n) is 4.84. The van der Waals surface area contributed by atoms with Crippen LogP contribution in [0.5, 0.6) is 0 Å². The Balaban J connectivity index is 2.17. The van der Waals surface area contributed by atoms with Crippen LogP contribution in [0.25, 0.3) is 10.6 Å². The van der Waals surface area contributed by atoms with Gasteiger partial charge in [0.25, 0.3) is 0 Å². The van der Waals surface area contributed by atoms with Crippen LogP contribution in [0, 0.1) is 0 Å². The molecule has 1 aromatic heterocycles. The summed E-state index contributed by atoms with van der Waals surface area (Å²) in [5.74, 6) is 0.332. The number of benzene rings is 1. The van der Waals surface area contributed by atoms with E-state index in [9.17, 15) is 13.2 Å². The third-order valence-electron chi connectivity index (χ3n) is 2.02. The van der Waals surface area contributed by atoms with E-state index >= 15 is 0 Å². The summed E-state index contributed by atoms with van der Waals surface area (Å²) < 4.78 is 36.5. The minimum Gasteiger partial charge on any atom is -0.240 e. The highest BCUT2D eigenvalue weighted by Crippen LogP contribution is 2.37. The van der Waals surface area contributed by atoms with Gasteiger partial charge in [0.2, 0.25) is 0 Å². The summed E-state index contributed by atoms with van der Waals surface area (Å²) in [5, 5.41) is 2.59. The van der Waals surface area contributed by atoms with Crippen molar-refractivity contribution in [1.82, 2.24) is 4.98 Å². The quantitative estimate of drug-likeness (QED) is 0.573. The van der Waals surface area contributed by atoms with Gasteiger partial charge in [-0.2, -0.15) is 13.2 Å². The summed E-state index contributed by atoms with van der Waals surface area (Å²) in [6.07, 6.45) is 0. The van der Waals surface area contributed by atoms with Gasteiger partial charge in [-0.05, 0) is 23.9 Å². The molecule has 0 saturated carbocycles. The van der Waals surface area contributed by atoms with Crippen LogP contribution >= 0.6 is 34.7 Å². The summed E-state index contributed by atoms with van der Waals surface area (Å²) in [7, 11) is 0. The molecule has 0 aliphatic heterocycles. The highest BCUT2D eigenvalue weighted by Gasteiger charge is 2.29. The van der Waals surface area contributed by atoms with Crippen molar-refractivity contribution in [2.75, 3.05) is 0 Å². The van der Waals surface area contributed by atoms with Crippen LogP contribution in [0.15, 0.2) is 34.5 Å². The van der Waals surface area contributed by atoms with Gasteiger partial charge in [-0.25, -0.2) is 4.98 Å². The lowest BCUT2D eigenvalue weighted by atomic mass is 10.2. The maximum atomic E-state index is 12.2. The van der Waals surface area contributed by atoms with Gasteiger partial charge in [-0.15, -0.1) is 22.9 Å². The Labute approximate surface area is 115 Å². The van der Waals surface area contributed by atoms with E-state index in [4.69, 9.17) is 11.6 Å². The fourth-order valence-electron chi connectivity index (χ4n) is 1.30. The van der Waals surface area contributed by atoms with Gasteiger partial charge in [0.1, 0.15) is 5.01 Å². The molecule has 0 fully saturated rings. The van der Waals surface area contributed by atoms with E-state index < -0.39 is 5.51 Å². The predicted molar refractivity (Wildman–Crippen MR) is 69.0 cm³/mol. The van der Waals surface area contributed by atoms with Gasteiger partial charge < -0.3 is 0 Å². The Bertz CT molecular complexity index is 522. The summed E-state index contributed by atoms with van der Waals surface area (Å²) in [6.45, 7) is 0. The molecule has 0 bridgehead atoms. The van der Waals surface area contributed by atoms with Crippen LogP contribution < -0.4 is 0 Å². The largest absolute Gasteiger partial charge is 0.446 e. The molecule has 0 N–H and O–H groups in total. The molecule has 0 spiro atoms. The van der Waals surface area contributed by atoms with Gasteiger partial charge in [-0.1, -0.05) is 12.1 Å². The number of alkyl halides is 4. The van der Waals surface area contributed by atoms with Crippen molar-refractivity contribution in [3.8, 4) is 10.6 Å². The molecule has 0 atom stereocenters. The molecule has 96 valence electrons. The van der Waals surface area contributed by atoms with E-state index in [1.54, 1.807) is 12.1 Å². The molecule has 0 unspecified atom stereocenters. The first-order chi connectivity index (χ1) is 8.48. The number of rotatable bonds is 3. The number of aromatic nitrogens is 1. The average Bonchev–Trinajstić information content (AvgIpc) is 2.76. The van der Waals surface area contributed by atoms with Gasteiger partial charge in [0.15, 0.2) is 0 Å². The molecule has 0 aliphatic rings. The van der Waals surface area contributed by atoms with Crippen LogP contribution in [0.2, 0.25) is 0 Å². The van der Waals surface area contributed by atoms with Crippen molar-refractivity contribution in [1.29, 1.82) is 0 Å². The summed E-state index contributed by atoms with van der Waals surface area (Å²) in [5.41, 5.74) is -2.69. The van der Waals surface area contributed by atoms with Crippen LogP contribution in [0.3, 0.4) is 0 Å². The molecule has 1 nitrogen and oxygen atoms in total. The number of hydrogen-bond acceptors (Lipinski definition) is 3. The van der Waals surface area contributed by atoms with Gasteiger partial charge in [-0.3, -0.25) is 0 Å². The van der Waals surface area contributed by atoms with Crippen molar-refractivity contribution < 1.29 is 13.2 Å². The molecule has 2 rings (SSSR count). The fourth-order valence-corrected chi connectivity index (χ4v) is 2.89. The van der Waals surface area contributed by atoms with Gasteiger partial charge in [0.05, 0.1) is 11.6 Å². The highest BCUT2D eigenvalue weighted by molar-refractivity contribution is 8.00. The van der Waals surface area contributed by atoms with Crippen molar-refractivity contribution in [3.05, 3.63) is 35.3 Å². The predicted octanol–water partition coefficient (Wildman–Crippen LogP) is 5.16. The molecule has 1 aromatic carbocycles. The smallest absolute Gasteiger partial charge is 0.240 e. The van der Waals surface area contributed by atoms with Crippen molar-refractivity contribution >= 4 is 34.7 Å². The lowest BCUT2D eigenvalue weighted by Gasteiger charge is -2.05. The summed E-state index contributed by atoms with van der Waals surface area (Å²) >= 11 is 6.94. The first kappa shape index (κ1) is 13.7. The molecule has 0 saturated heterocycles. The number of hydrogen-bond donors (Lipinski definition) is 0. The average molecular weight is 310 g/mol. The van der Waals surface area contributed by atoms with E-state index in [1.807, 2.05) is 5.38 Å². The van der Waals surface area contributed by atoms with E-state index in [1.165, 1.54) is 23.5 Å². The van der Waals surface area contributed by atoms with E-state index in [0.717, 1.165) is 16.3 Å². The molecule has 0 amide bonds. The van der Waals surface area contributed by atoms with Gasteiger partial charge >= 0.3 is 5.51 Å². The highest BCUT2D eigenvalue weighted by atomic mass is 35.5. The number of thiazole rings is 1. The van der Waals surface area contributed by atoms with Crippen LogP contribution in [-0.2, 0) is 5.88 Å². The molecule has 1 heterocycles. The van der Waals surface area contributed by atoms with Crippen molar-refractivity contribution in [2.45, 2.75) is 16.3 Å². The zero-order valence-corrected chi connectivity index (χ0v) is 11.3. The topological polar surface area (TPSA) is 12.9 Å². The first-order valence-corrected chi connectivity index (χ1v) is 7.07. The third-order valence-corrected chi connectivity index (χ3v) is 3.98. The molecule has 0 aliphatic carbocycles. The third kappa shape index (κ3) is 3.63. The molecular formula is C11H7ClF3NS2. The maximum absolute atomic E-state index is 12.2. The zero-order chi connectivity index (χ0) is 13.2. The molecular weight excluding hydrogens is 303 g/mol. The molecule has 18 heavy (non-hydrogen) atoms. The summed E-state index contributed by atoms with van der Waals surface area (Å²) in [6, 6.07) is 6.14. The van der Waals surface area contributed by atoms with E-state index in [-0.39, 0.29) is 16.7 Å². The van der Waals surface area contributed by atoms with Gasteiger partial charge in [0, 0.05) is 15.8 Å². The van der Waals surface area contributed by atoms with E-state index in [0.29, 0.717) is 5.88 Å². The van der Waals surface area contributed by atoms with Crippen molar-refractivity contribution in [2.24, 2.45) is 0 Å². The summed E-state index contributed by atoms with van der Waals surface area (Å²) in [4.78, 5) is 4.43. The Morgan fingerprint density at radius 3 is 2.39 bits per heavy atom. The Morgan fingerprint density at radius 2 is 1.89 bits per heavy atom. The second-order valence-electron chi connectivity index (χ2n) is 3.35. The minimum atomic E-state index is -4.26. The van der Waals surface area contributed by atoms with Crippen molar-refractivity contribution in [3.63, 3.8) is 0 Å². The number of nitrogens with zero attached hydrogens (tertiary/aromatic N) is 1. The normalized spacial score (nSPS) is 11.8. The molecule has 0 radical (unpaired) electrons. The maximum Gasteiger partial charge on any atom is 0.446 e. The standard InChI is InChI=1S/C11H7ClF3NS2/c12-5-8-6-17-10(16-8)7-1-3-9(4-2-7)18-11(13,14)15/h1-4,6H,5H2. The fraction of sp³-hybridized carbons (Fsp3) is 0.182. The Morgan fingerprint density at radius 1 is 1.22 bits per heavy atom. The number of thioether (sulfide) groups is 1. The monoisotopic (exact) mass is 309 g/mol. The van der Waals surface area contributed by atoms with Crippen LogP contribution in [0.1, 0.15) is 5.69 Å². The molecule has 2 aromatic rings. The lowest BCUT2D eigenvalue weighted by molar-refractivity contribution is -0.0328. The lowest BCUT2D eigenvalue weighted by Crippen LogP contribution is -1.98. The van der Waals surface area contributed by atoms with E-state index in [2.05, 4.69) is 4.98 Å². The zero-order valence-electron chi connectivity index (χ0n) is 8.87. The minimum absolute atomic E-state index is 0.124. The van der Waals surface area contributed by atoms with Crippen LogP contribution in [0.4, 0.5) is 13.2 Å². The molecule has 7 heteroatoms. The van der Waals surface area contributed by atoms with Crippen LogP contribution in [-0.4, -0.2) is 10.5 Å². The number of halogens is 4. The Hall–Kier alpha value is -0.720. The SMILES string of the molecule is FC(F)(F)Sc1ccc(-c2nc(CCl)cs2)cc1. The Kier molecular flexibility index (Phi) is 4.19. The second-order valence-corrected chi connectivity index (χ2v) is 5.61. The second kappa shape index (κ2) is 5.50.